The number of imidazole rings is 1. The Kier molecular flexibility index (Phi) is 7.07. The molecular formula is C22H27N5O. The van der Waals surface area contributed by atoms with Crippen molar-refractivity contribution >= 4 is 17.0 Å². The van der Waals surface area contributed by atoms with Crippen LogP contribution in [0.3, 0.4) is 0 Å². The zero-order chi connectivity index (χ0) is 19.6. The minimum absolute atomic E-state index is 0.483. The van der Waals surface area contributed by atoms with Crippen molar-refractivity contribution in [3.63, 3.8) is 0 Å². The van der Waals surface area contributed by atoms with Crippen LogP contribution in [0.2, 0.25) is 0 Å². The summed E-state index contributed by atoms with van der Waals surface area (Å²) < 4.78 is 5.71. The minimum Gasteiger partial charge on any atom is -0.489 e. The van der Waals surface area contributed by atoms with Crippen LogP contribution in [-0.2, 0) is 13.0 Å². The van der Waals surface area contributed by atoms with Crippen LogP contribution in [0.4, 0.5) is 0 Å². The number of hydrogen-bond acceptors (Lipinski definition) is 3. The molecule has 3 aromatic rings. The maximum absolute atomic E-state index is 5.71. The molecule has 0 aliphatic rings. The molecule has 6 heteroatoms. The van der Waals surface area contributed by atoms with E-state index in [1.165, 1.54) is 0 Å². The van der Waals surface area contributed by atoms with E-state index in [1.807, 2.05) is 48.5 Å². The van der Waals surface area contributed by atoms with Gasteiger partial charge in [-0.25, -0.2) is 9.98 Å². The fourth-order valence-electron chi connectivity index (χ4n) is 2.85. The number of benzene rings is 2. The third-order valence-corrected chi connectivity index (χ3v) is 4.17. The van der Waals surface area contributed by atoms with E-state index >= 15 is 0 Å². The minimum atomic E-state index is 0.483. The zero-order valence-corrected chi connectivity index (χ0v) is 16.2. The Hall–Kier alpha value is -3.28. The van der Waals surface area contributed by atoms with Crippen molar-refractivity contribution in [2.75, 3.05) is 19.7 Å². The highest BCUT2D eigenvalue weighted by molar-refractivity contribution is 5.79. The molecule has 0 saturated carbocycles. The summed E-state index contributed by atoms with van der Waals surface area (Å²) in [7, 11) is 0. The Bertz CT molecular complexity index is 898. The molecule has 146 valence electrons. The second-order valence-corrected chi connectivity index (χ2v) is 6.28. The summed E-state index contributed by atoms with van der Waals surface area (Å²) in [6, 6.07) is 16.0. The van der Waals surface area contributed by atoms with E-state index < -0.39 is 0 Å². The molecule has 6 nitrogen and oxygen atoms in total. The van der Waals surface area contributed by atoms with Gasteiger partial charge in [-0.3, -0.25) is 0 Å². The molecule has 0 fully saturated rings. The number of nitrogens with one attached hydrogen (secondary N) is 3. The van der Waals surface area contributed by atoms with Gasteiger partial charge in [-0.2, -0.15) is 0 Å². The average Bonchev–Trinajstić information content (AvgIpc) is 3.14. The number of H-pyrrole nitrogens is 1. The highest BCUT2D eigenvalue weighted by Gasteiger charge is 2.05. The number of aliphatic imine (C=N–C) groups is 1. The molecule has 0 saturated heterocycles. The van der Waals surface area contributed by atoms with Gasteiger partial charge in [-0.1, -0.05) is 43.0 Å². The summed E-state index contributed by atoms with van der Waals surface area (Å²) >= 11 is 0. The summed E-state index contributed by atoms with van der Waals surface area (Å²) in [6.45, 7) is 8.30. The van der Waals surface area contributed by atoms with Crippen molar-refractivity contribution in [3.05, 3.63) is 72.6 Å². The number of aromatic amines is 1. The third-order valence-electron chi connectivity index (χ3n) is 4.17. The maximum Gasteiger partial charge on any atom is 0.191 e. The first-order valence-corrected chi connectivity index (χ1v) is 9.57. The van der Waals surface area contributed by atoms with Gasteiger partial charge >= 0.3 is 0 Å². The average molecular weight is 377 g/mol. The standard InChI is InChI=1S/C22H27N5O/c1-3-15-28-20-12-8-5-9-17(20)16-25-22(23-4-2)24-14-13-21-26-18-10-6-7-11-19(18)27-21/h3,5-12H,1,4,13-16H2,2H3,(H,26,27)(H2,23,24,25). The van der Waals surface area contributed by atoms with E-state index in [9.17, 15) is 0 Å². The van der Waals surface area contributed by atoms with Crippen LogP contribution in [0.15, 0.2) is 66.2 Å². The van der Waals surface area contributed by atoms with Gasteiger partial charge in [-0.05, 0) is 25.1 Å². The van der Waals surface area contributed by atoms with Crippen LogP contribution < -0.4 is 15.4 Å². The molecule has 3 N–H and O–H groups in total. The molecule has 0 amide bonds. The molecule has 0 radical (unpaired) electrons. The molecule has 1 heterocycles. The van der Waals surface area contributed by atoms with Crippen molar-refractivity contribution < 1.29 is 4.74 Å². The van der Waals surface area contributed by atoms with Crippen molar-refractivity contribution in [1.29, 1.82) is 0 Å². The number of guanidine groups is 1. The molecule has 0 spiro atoms. The van der Waals surface area contributed by atoms with Gasteiger partial charge in [0, 0.05) is 25.1 Å². The Morgan fingerprint density at radius 1 is 1.18 bits per heavy atom. The lowest BCUT2D eigenvalue weighted by Crippen LogP contribution is -2.38. The van der Waals surface area contributed by atoms with Gasteiger partial charge in [0.2, 0.25) is 0 Å². The molecular weight excluding hydrogens is 350 g/mol. The van der Waals surface area contributed by atoms with Gasteiger partial charge in [-0.15, -0.1) is 0 Å². The number of para-hydroxylation sites is 3. The van der Waals surface area contributed by atoms with Crippen molar-refractivity contribution in [2.24, 2.45) is 4.99 Å². The SMILES string of the molecule is C=CCOc1ccccc1CN=C(NCC)NCCc1nc2ccccc2[nH]1. The number of rotatable bonds is 9. The lowest BCUT2D eigenvalue weighted by molar-refractivity contribution is 0.359. The van der Waals surface area contributed by atoms with E-state index in [2.05, 4.69) is 39.1 Å². The normalized spacial score (nSPS) is 11.4. The molecule has 0 unspecified atom stereocenters. The van der Waals surface area contributed by atoms with Gasteiger partial charge in [0.1, 0.15) is 18.2 Å². The third kappa shape index (κ3) is 5.36. The highest BCUT2D eigenvalue weighted by Crippen LogP contribution is 2.18. The Balaban J connectivity index is 1.59. The number of nitrogens with zero attached hydrogens (tertiary/aromatic N) is 2. The van der Waals surface area contributed by atoms with Crippen LogP contribution >= 0.6 is 0 Å². The van der Waals surface area contributed by atoms with Crippen molar-refractivity contribution in [3.8, 4) is 5.75 Å². The quantitative estimate of drug-likeness (QED) is 0.303. The number of ether oxygens (including phenoxy) is 1. The molecule has 2 aromatic carbocycles. The predicted molar refractivity (Wildman–Crippen MR) is 115 cm³/mol. The van der Waals surface area contributed by atoms with Crippen LogP contribution in [0.5, 0.6) is 5.75 Å². The summed E-state index contributed by atoms with van der Waals surface area (Å²) in [5, 5.41) is 6.65. The Morgan fingerprint density at radius 2 is 2.00 bits per heavy atom. The Morgan fingerprint density at radius 3 is 2.82 bits per heavy atom. The zero-order valence-electron chi connectivity index (χ0n) is 16.2. The molecule has 0 aliphatic carbocycles. The lowest BCUT2D eigenvalue weighted by Gasteiger charge is -2.12. The maximum atomic E-state index is 5.71. The first kappa shape index (κ1) is 19.5. The van der Waals surface area contributed by atoms with Gasteiger partial charge in [0.05, 0.1) is 17.6 Å². The number of aromatic nitrogens is 2. The van der Waals surface area contributed by atoms with Gasteiger partial charge < -0.3 is 20.4 Å². The summed E-state index contributed by atoms with van der Waals surface area (Å²) in [6.07, 6.45) is 2.53. The van der Waals surface area contributed by atoms with Gasteiger partial charge in [0.15, 0.2) is 5.96 Å². The second kappa shape index (κ2) is 10.2. The first-order valence-electron chi connectivity index (χ1n) is 9.57. The molecule has 28 heavy (non-hydrogen) atoms. The molecule has 3 rings (SSSR count). The van der Waals surface area contributed by atoms with E-state index in [4.69, 9.17) is 4.74 Å². The topological polar surface area (TPSA) is 74.3 Å². The molecule has 1 aromatic heterocycles. The predicted octanol–water partition coefficient (Wildman–Crippen LogP) is 3.43. The Labute approximate surface area is 165 Å². The van der Waals surface area contributed by atoms with E-state index in [-0.39, 0.29) is 0 Å². The first-order chi connectivity index (χ1) is 13.8. The monoisotopic (exact) mass is 377 g/mol. The van der Waals surface area contributed by atoms with Crippen LogP contribution in [-0.4, -0.2) is 35.6 Å². The van der Waals surface area contributed by atoms with Crippen molar-refractivity contribution in [1.82, 2.24) is 20.6 Å². The summed E-state index contributed by atoms with van der Waals surface area (Å²) in [5.41, 5.74) is 3.10. The van der Waals surface area contributed by atoms with E-state index in [1.54, 1.807) is 6.08 Å². The summed E-state index contributed by atoms with van der Waals surface area (Å²) in [5.74, 6) is 2.58. The smallest absolute Gasteiger partial charge is 0.191 e. The second-order valence-electron chi connectivity index (χ2n) is 6.28. The number of hydrogen-bond donors (Lipinski definition) is 3. The fourth-order valence-corrected chi connectivity index (χ4v) is 2.85. The molecule has 0 aliphatic heterocycles. The van der Waals surface area contributed by atoms with Crippen LogP contribution in [0, 0.1) is 0 Å². The van der Waals surface area contributed by atoms with Crippen LogP contribution in [0.1, 0.15) is 18.3 Å². The largest absolute Gasteiger partial charge is 0.489 e. The van der Waals surface area contributed by atoms with Crippen LogP contribution in [0.25, 0.3) is 11.0 Å². The number of fused-ring (bicyclic) bond motifs is 1. The lowest BCUT2D eigenvalue weighted by atomic mass is 10.2. The van der Waals surface area contributed by atoms with Crippen molar-refractivity contribution in [2.45, 2.75) is 19.9 Å². The highest BCUT2D eigenvalue weighted by atomic mass is 16.5. The molecule has 0 atom stereocenters. The van der Waals surface area contributed by atoms with Gasteiger partial charge in [0.25, 0.3) is 0 Å². The summed E-state index contributed by atoms with van der Waals surface area (Å²) in [4.78, 5) is 12.6. The fraction of sp³-hybridized carbons (Fsp3) is 0.273. The van der Waals surface area contributed by atoms with E-state index in [0.29, 0.717) is 13.2 Å². The molecule has 0 bridgehead atoms. The van der Waals surface area contributed by atoms with E-state index in [0.717, 1.165) is 53.6 Å².